The molecular formula is C23H32N6O. The molecule has 0 saturated carbocycles. The van der Waals surface area contributed by atoms with Crippen LogP contribution < -0.4 is 15.5 Å². The molecule has 2 fully saturated rings. The number of piperazine rings is 2. The van der Waals surface area contributed by atoms with Crippen LogP contribution in [0.25, 0.3) is 11.1 Å². The number of hydrogen-bond acceptors (Lipinski definition) is 6. The first-order valence-corrected chi connectivity index (χ1v) is 10.7. The summed E-state index contributed by atoms with van der Waals surface area (Å²) < 4.78 is 0. The Labute approximate surface area is 179 Å². The summed E-state index contributed by atoms with van der Waals surface area (Å²) >= 11 is 0. The summed E-state index contributed by atoms with van der Waals surface area (Å²) in [5.41, 5.74) is 9.53. The van der Waals surface area contributed by atoms with E-state index >= 15 is 0 Å². The largest absolute Gasteiger partial charge is 0.365 e. The molecule has 7 nitrogen and oxygen atoms in total. The molecule has 160 valence electrons. The van der Waals surface area contributed by atoms with Gasteiger partial charge in [0.15, 0.2) is 0 Å². The van der Waals surface area contributed by atoms with Gasteiger partial charge in [-0.2, -0.15) is 0 Å². The first-order chi connectivity index (χ1) is 14.4. The molecule has 0 spiro atoms. The number of carbonyl (C=O) groups excluding carboxylic acids is 1. The van der Waals surface area contributed by atoms with Gasteiger partial charge in [-0.3, -0.25) is 4.79 Å². The van der Waals surface area contributed by atoms with Crippen LogP contribution >= 0.6 is 0 Å². The molecule has 0 radical (unpaired) electrons. The van der Waals surface area contributed by atoms with E-state index in [1.54, 1.807) is 0 Å². The van der Waals surface area contributed by atoms with E-state index in [1.165, 1.54) is 0 Å². The summed E-state index contributed by atoms with van der Waals surface area (Å²) in [5.74, 6) is 1.24. The van der Waals surface area contributed by atoms with E-state index in [9.17, 15) is 4.79 Å². The highest BCUT2D eigenvalue weighted by molar-refractivity contribution is 6.05. The number of anilines is 2. The van der Waals surface area contributed by atoms with Gasteiger partial charge in [-0.15, -0.1) is 0 Å². The number of amides is 1. The molecular weight excluding hydrogens is 376 g/mol. The molecule has 7 heteroatoms. The number of pyridine rings is 1. The Morgan fingerprint density at radius 2 is 1.43 bits per heavy atom. The minimum atomic E-state index is -0.417. The molecule has 4 rings (SSSR count). The van der Waals surface area contributed by atoms with Crippen LogP contribution in [-0.2, 0) is 0 Å². The smallest absolute Gasteiger partial charge is 0.253 e. The second kappa shape index (κ2) is 8.62. The maximum absolute atomic E-state index is 12.7. The molecule has 2 N–H and O–H groups in total. The first kappa shape index (κ1) is 20.6. The lowest BCUT2D eigenvalue weighted by molar-refractivity contribution is 0.100. The fraction of sp³-hybridized carbons (Fsp3) is 0.478. The van der Waals surface area contributed by atoms with E-state index in [4.69, 9.17) is 10.7 Å². The van der Waals surface area contributed by atoms with Gasteiger partial charge < -0.3 is 25.3 Å². The van der Waals surface area contributed by atoms with E-state index in [2.05, 4.69) is 58.8 Å². The summed E-state index contributed by atoms with van der Waals surface area (Å²) in [7, 11) is 4.27. The summed E-state index contributed by atoms with van der Waals surface area (Å²) in [6, 6.07) is 10.2. The highest BCUT2D eigenvalue weighted by atomic mass is 16.1. The van der Waals surface area contributed by atoms with Crippen molar-refractivity contribution < 1.29 is 4.79 Å². The average molecular weight is 409 g/mol. The SMILES string of the molecule is Cc1ccccc1-c1cc(N2CCN(C)CC2)nc(N2CCN(C)CC2)c1C(N)=O. The number of nitrogens with two attached hydrogens (primary N) is 1. The van der Waals surface area contributed by atoms with Gasteiger partial charge in [0.1, 0.15) is 11.6 Å². The third kappa shape index (κ3) is 4.13. The van der Waals surface area contributed by atoms with Crippen LogP contribution in [-0.4, -0.2) is 87.1 Å². The number of primary amides is 1. The molecule has 1 aromatic heterocycles. The summed E-state index contributed by atoms with van der Waals surface area (Å²) in [6.07, 6.45) is 0. The normalized spacial score (nSPS) is 18.6. The average Bonchev–Trinajstić information content (AvgIpc) is 2.74. The Balaban J connectivity index is 1.86. The maximum Gasteiger partial charge on any atom is 0.253 e. The van der Waals surface area contributed by atoms with Crippen molar-refractivity contribution in [1.82, 2.24) is 14.8 Å². The maximum atomic E-state index is 12.7. The Morgan fingerprint density at radius 3 is 2.00 bits per heavy atom. The second-order valence-corrected chi connectivity index (χ2v) is 8.49. The number of carbonyl (C=O) groups is 1. The molecule has 1 aromatic carbocycles. The topological polar surface area (TPSA) is 68.9 Å². The highest BCUT2D eigenvalue weighted by Gasteiger charge is 2.27. The lowest BCUT2D eigenvalue weighted by Crippen LogP contribution is -2.46. The third-order valence-corrected chi connectivity index (χ3v) is 6.30. The Bertz CT molecular complexity index is 914. The van der Waals surface area contributed by atoms with Crippen molar-refractivity contribution in [3.05, 3.63) is 41.5 Å². The minimum Gasteiger partial charge on any atom is -0.365 e. The van der Waals surface area contributed by atoms with E-state index in [1.807, 2.05) is 12.1 Å². The monoisotopic (exact) mass is 408 g/mol. The van der Waals surface area contributed by atoms with Gasteiger partial charge in [0.05, 0.1) is 5.56 Å². The predicted molar refractivity (Wildman–Crippen MR) is 122 cm³/mol. The molecule has 0 bridgehead atoms. The molecule has 30 heavy (non-hydrogen) atoms. The number of benzene rings is 1. The second-order valence-electron chi connectivity index (χ2n) is 8.49. The summed E-state index contributed by atoms with van der Waals surface area (Å²) in [5, 5.41) is 0. The molecule has 3 heterocycles. The Kier molecular flexibility index (Phi) is 5.92. The van der Waals surface area contributed by atoms with Crippen LogP contribution in [0.2, 0.25) is 0 Å². The number of hydrogen-bond donors (Lipinski definition) is 1. The van der Waals surface area contributed by atoms with Crippen LogP contribution in [0.3, 0.4) is 0 Å². The van der Waals surface area contributed by atoms with Crippen molar-refractivity contribution >= 4 is 17.5 Å². The highest BCUT2D eigenvalue weighted by Crippen LogP contribution is 2.35. The van der Waals surface area contributed by atoms with Crippen molar-refractivity contribution in [2.75, 3.05) is 76.3 Å². The van der Waals surface area contributed by atoms with E-state index in [0.29, 0.717) is 5.56 Å². The van der Waals surface area contributed by atoms with Gasteiger partial charge in [0, 0.05) is 57.9 Å². The van der Waals surface area contributed by atoms with Gasteiger partial charge in [0.25, 0.3) is 5.91 Å². The van der Waals surface area contributed by atoms with Crippen molar-refractivity contribution in [3.63, 3.8) is 0 Å². The van der Waals surface area contributed by atoms with Gasteiger partial charge in [-0.1, -0.05) is 24.3 Å². The van der Waals surface area contributed by atoms with Crippen LogP contribution in [0.4, 0.5) is 11.6 Å². The van der Waals surface area contributed by atoms with Crippen LogP contribution in [0, 0.1) is 6.92 Å². The molecule has 1 amide bonds. The van der Waals surface area contributed by atoms with Gasteiger partial charge in [-0.05, 0) is 38.2 Å². The molecule has 2 saturated heterocycles. The van der Waals surface area contributed by atoms with Crippen molar-refractivity contribution in [1.29, 1.82) is 0 Å². The van der Waals surface area contributed by atoms with Gasteiger partial charge >= 0.3 is 0 Å². The lowest BCUT2D eigenvalue weighted by atomic mass is 9.95. The zero-order chi connectivity index (χ0) is 21.3. The summed E-state index contributed by atoms with van der Waals surface area (Å²) in [4.78, 5) is 26.9. The number of likely N-dealkylation sites (N-methyl/N-ethyl adjacent to an activating group) is 2. The fourth-order valence-electron chi connectivity index (χ4n) is 4.29. The predicted octanol–water partition coefficient (Wildman–Crippen LogP) is 1.66. The lowest BCUT2D eigenvalue weighted by Gasteiger charge is -2.37. The standard InChI is InChI=1S/C23H32N6O/c1-17-6-4-5-7-18(17)19-16-20(28-12-8-26(2)9-13-28)25-23(21(19)22(24)30)29-14-10-27(3)11-15-29/h4-7,16H,8-15H2,1-3H3,(H2,24,30). The molecule has 0 aliphatic carbocycles. The van der Waals surface area contributed by atoms with Gasteiger partial charge in [0.2, 0.25) is 0 Å². The zero-order valence-corrected chi connectivity index (χ0v) is 18.3. The molecule has 2 aromatic rings. The van der Waals surface area contributed by atoms with Crippen molar-refractivity contribution in [2.45, 2.75) is 6.92 Å². The zero-order valence-electron chi connectivity index (χ0n) is 18.3. The molecule has 0 unspecified atom stereocenters. The summed E-state index contributed by atoms with van der Waals surface area (Å²) in [6.45, 7) is 9.49. The van der Waals surface area contributed by atoms with Crippen molar-refractivity contribution in [3.8, 4) is 11.1 Å². The van der Waals surface area contributed by atoms with Crippen LogP contribution in [0.15, 0.2) is 30.3 Å². The minimum absolute atomic E-state index is 0.417. The van der Waals surface area contributed by atoms with Crippen LogP contribution in [0.5, 0.6) is 0 Å². The molecule has 2 aliphatic rings. The van der Waals surface area contributed by atoms with E-state index in [0.717, 1.165) is 80.7 Å². The van der Waals surface area contributed by atoms with E-state index < -0.39 is 5.91 Å². The number of aryl methyl sites for hydroxylation is 1. The molecule has 0 atom stereocenters. The Morgan fingerprint density at radius 1 is 0.867 bits per heavy atom. The molecule has 2 aliphatic heterocycles. The van der Waals surface area contributed by atoms with Crippen LogP contribution in [0.1, 0.15) is 15.9 Å². The quantitative estimate of drug-likeness (QED) is 0.830. The Hall–Kier alpha value is -2.64. The fourth-order valence-corrected chi connectivity index (χ4v) is 4.29. The van der Waals surface area contributed by atoms with E-state index in [-0.39, 0.29) is 0 Å². The first-order valence-electron chi connectivity index (χ1n) is 10.7. The number of aromatic nitrogens is 1. The van der Waals surface area contributed by atoms with Gasteiger partial charge in [-0.25, -0.2) is 4.98 Å². The van der Waals surface area contributed by atoms with Crippen molar-refractivity contribution in [2.24, 2.45) is 5.73 Å². The third-order valence-electron chi connectivity index (χ3n) is 6.30. The number of rotatable bonds is 4. The number of nitrogens with zero attached hydrogens (tertiary/aromatic N) is 5.